The van der Waals surface area contributed by atoms with Gasteiger partial charge in [0.15, 0.2) is 11.5 Å². The molecule has 1 fully saturated rings. The predicted molar refractivity (Wildman–Crippen MR) is 116 cm³/mol. The molecule has 0 atom stereocenters. The largest absolute Gasteiger partial charge is 0.493 e. The van der Waals surface area contributed by atoms with Crippen LogP contribution in [0.1, 0.15) is 16.7 Å². The first kappa shape index (κ1) is 20.3. The molecule has 4 rings (SSSR count). The average molecular weight is 405 g/mol. The first-order chi connectivity index (χ1) is 14.8. The smallest absolute Gasteiger partial charge is 0.161 e. The lowest BCUT2D eigenvalue weighted by Crippen LogP contribution is -2.45. The van der Waals surface area contributed by atoms with E-state index in [0.717, 1.165) is 56.3 Å². The summed E-state index contributed by atoms with van der Waals surface area (Å²) in [5.41, 5.74) is 3.65. The summed E-state index contributed by atoms with van der Waals surface area (Å²) in [6, 6.07) is 14.3. The molecule has 1 saturated heterocycles. The minimum atomic E-state index is 0.498. The summed E-state index contributed by atoms with van der Waals surface area (Å²) in [6.07, 6.45) is 7.28. The molecule has 30 heavy (non-hydrogen) atoms. The molecule has 0 amide bonds. The lowest BCUT2D eigenvalue weighted by Gasteiger charge is -2.34. The molecule has 156 valence electrons. The third-order valence-electron chi connectivity index (χ3n) is 5.40. The number of hydrogen-bond donors (Lipinski definition) is 0. The molecule has 1 aliphatic heterocycles. The Morgan fingerprint density at radius 2 is 1.27 bits per heavy atom. The molecule has 6 nitrogen and oxygen atoms in total. The second kappa shape index (κ2) is 10.2. The summed E-state index contributed by atoms with van der Waals surface area (Å²) in [5.74, 6) is 1.54. The van der Waals surface area contributed by atoms with Crippen molar-refractivity contribution in [1.82, 2.24) is 19.8 Å². The van der Waals surface area contributed by atoms with Gasteiger partial charge in [0.05, 0.1) is 7.11 Å². The van der Waals surface area contributed by atoms with Crippen molar-refractivity contribution < 1.29 is 9.47 Å². The molecule has 1 aliphatic rings. The Labute approximate surface area is 178 Å². The van der Waals surface area contributed by atoms with Crippen LogP contribution in [0.2, 0.25) is 0 Å². The van der Waals surface area contributed by atoms with Gasteiger partial charge in [0.2, 0.25) is 0 Å². The molecule has 0 unspecified atom stereocenters. The molecule has 0 radical (unpaired) electrons. The second-order valence-electron chi connectivity index (χ2n) is 7.54. The summed E-state index contributed by atoms with van der Waals surface area (Å²) in [7, 11) is 1.69. The maximum absolute atomic E-state index is 5.95. The number of pyridine rings is 2. The fraction of sp³-hybridized carbons (Fsp3) is 0.333. The molecule has 2 aromatic heterocycles. The fourth-order valence-corrected chi connectivity index (χ4v) is 3.68. The highest BCUT2D eigenvalue weighted by molar-refractivity contribution is 5.43. The number of nitrogens with zero attached hydrogens (tertiary/aromatic N) is 4. The summed E-state index contributed by atoms with van der Waals surface area (Å²) in [4.78, 5) is 13.1. The van der Waals surface area contributed by atoms with Crippen LogP contribution in [0.3, 0.4) is 0 Å². The maximum Gasteiger partial charge on any atom is 0.161 e. The van der Waals surface area contributed by atoms with E-state index in [1.165, 1.54) is 11.1 Å². The van der Waals surface area contributed by atoms with Gasteiger partial charge in [-0.1, -0.05) is 6.07 Å². The number of piperazine rings is 1. The van der Waals surface area contributed by atoms with Crippen molar-refractivity contribution in [2.45, 2.75) is 19.7 Å². The minimum absolute atomic E-state index is 0.498. The summed E-state index contributed by atoms with van der Waals surface area (Å²) >= 11 is 0. The summed E-state index contributed by atoms with van der Waals surface area (Å²) in [5, 5.41) is 0. The van der Waals surface area contributed by atoms with Crippen LogP contribution >= 0.6 is 0 Å². The van der Waals surface area contributed by atoms with Crippen molar-refractivity contribution >= 4 is 0 Å². The van der Waals surface area contributed by atoms with E-state index in [0.29, 0.717) is 6.61 Å². The maximum atomic E-state index is 5.95. The van der Waals surface area contributed by atoms with E-state index < -0.39 is 0 Å². The molecule has 0 spiro atoms. The molecule has 0 saturated carbocycles. The molecule has 0 bridgehead atoms. The number of aromatic nitrogens is 2. The zero-order chi connectivity index (χ0) is 20.6. The SMILES string of the molecule is COc1cc(CN2CCN(Cc3ccncc3)CC2)ccc1OCc1ccncc1. The third kappa shape index (κ3) is 5.55. The van der Waals surface area contributed by atoms with Gasteiger partial charge >= 0.3 is 0 Å². The van der Waals surface area contributed by atoms with E-state index in [4.69, 9.17) is 9.47 Å². The molecule has 3 heterocycles. The van der Waals surface area contributed by atoms with Crippen LogP contribution in [-0.2, 0) is 19.7 Å². The van der Waals surface area contributed by atoms with Crippen molar-refractivity contribution in [2.24, 2.45) is 0 Å². The Morgan fingerprint density at radius 1 is 0.700 bits per heavy atom. The third-order valence-corrected chi connectivity index (χ3v) is 5.40. The number of methoxy groups -OCH3 is 1. The Morgan fingerprint density at radius 3 is 1.87 bits per heavy atom. The fourth-order valence-electron chi connectivity index (χ4n) is 3.68. The molecule has 1 aromatic carbocycles. The lowest BCUT2D eigenvalue weighted by molar-refractivity contribution is 0.122. The van der Waals surface area contributed by atoms with Crippen LogP contribution in [0.5, 0.6) is 11.5 Å². The van der Waals surface area contributed by atoms with Gasteiger partial charge in [0.1, 0.15) is 6.61 Å². The molecule has 0 aliphatic carbocycles. The van der Waals surface area contributed by atoms with Crippen molar-refractivity contribution in [1.29, 1.82) is 0 Å². The monoisotopic (exact) mass is 404 g/mol. The number of ether oxygens (including phenoxy) is 2. The average Bonchev–Trinajstić information content (AvgIpc) is 2.81. The van der Waals surface area contributed by atoms with Crippen LogP contribution in [0.15, 0.2) is 67.3 Å². The van der Waals surface area contributed by atoms with Gasteiger partial charge in [0, 0.05) is 64.1 Å². The van der Waals surface area contributed by atoms with E-state index in [-0.39, 0.29) is 0 Å². The van der Waals surface area contributed by atoms with E-state index in [1.807, 2.05) is 30.6 Å². The van der Waals surface area contributed by atoms with Gasteiger partial charge in [-0.2, -0.15) is 0 Å². The number of hydrogen-bond acceptors (Lipinski definition) is 6. The minimum Gasteiger partial charge on any atom is -0.493 e. The normalized spacial score (nSPS) is 15.1. The molecular weight excluding hydrogens is 376 g/mol. The highest BCUT2D eigenvalue weighted by Crippen LogP contribution is 2.29. The lowest BCUT2D eigenvalue weighted by atomic mass is 10.1. The van der Waals surface area contributed by atoms with Gasteiger partial charge in [-0.15, -0.1) is 0 Å². The van der Waals surface area contributed by atoms with Crippen LogP contribution in [0, 0.1) is 0 Å². The topological polar surface area (TPSA) is 50.7 Å². The van der Waals surface area contributed by atoms with E-state index in [1.54, 1.807) is 19.5 Å². The van der Waals surface area contributed by atoms with Gasteiger partial charge in [-0.05, 0) is 53.1 Å². The Balaban J connectivity index is 1.29. The van der Waals surface area contributed by atoms with E-state index in [9.17, 15) is 0 Å². The second-order valence-corrected chi connectivity index (χ2v) is 7.54. The Bertz CT molecular complexity index is 913. The van der Waals surface area contributed by atoms with Crippen LogP contribution in [0.4, 0.5) is 0 Å². The van der Waals surface area contributed by atoms with Gasteiger partial charge in [0.25, 0.3) is 0 Å². The summed E-state index contributed by atoms with van der Waals surface area (Å²) < 4.78 is 11.5. The highest BCUT2D eigenvalue weighted by atomic mass is 16.5. The zero-order valence-corrected chi connectivity index (χ0v) is 17.4. The van der Waals surface area contributed by atoms with Gasteiger partial charge in [-0.25, -0.2) is 0 Å². The Kier molecular flexibility index (Phi) is 6.90. The van der Waals surface area contributed by atoms with Crippen molar-refractivity contribution in [3.8, 4) is 11.5 Å². The van der Waals surface area contributed by atoms with E-state index in [2.05, 4.69) is 44.0 Å². The van der Waals surface area contributed by atoms with Crippen molar-refractivity contribution in [3.63, 3.8) is 0 Å². The number of rotatable bonds is 8. The quantitative estimate of drug-likeness (QED) is 0.574. The van der Waals surface area contributed by atoms with Crippen LogP contribution in [-0.4, -0.2) is 53.1 Å². The highest BCUT2D eigenvalue weighted by Gasteiger charge is 2.18. The molecular formula is C24H28N4O2. The first-order valence-electron chi connectivity index (χ1n) is 10.3. The van der Waals surface area contributed by atoms with Gasteiger partial charge in [-0.3, -0.25) is 19.8 Å². The predicted octanol–water partition coefficient (Wildman–Crippen LogP) is 3.38. The zero-order valence-electron chi connectivity index (χ0n) is 17.4. The van der Waals surface area contributed by atoms with Gasteiger partial charge < -0.3 is 9.47 Å². The number of benzene rings is 1. The van der Waals surface area contributed by atoms with Crippen molar-refractivity contribution in [3.05, 3.63) is 83.9 Å². The molecule has 0 N–H and O–H groups in total. The Hall–Kier alpha value is -2.96. The van der Waals surface area contributed by atoms with E-state index >= 15 is 0 Å². The van der Waals surface area contributed by atoms with Crippen LogP contribution in [0.25, 0.3) is 0 Å². The first-order valence-corrected chi connectivity index (χ1v) is 10.3. The molecule has 3 aromatic rings. The summed E-state index contributed by atoms with van der Waals surface area (Å²) in [6.45, 7) is 6.69. The van der Waals surface area contributed by atoms with Crippen molar-refractivity contribution in [2.75, 3.05) is 33.3 Å². The standard InChI is InChI=1S/C24H28N4O2/c1-29-24-16-22(2-3-23(24)30-19-21-6-10-26-11-7-21)18-28-14-12-27(13-15-28)17-20-4-8-25-9-5-20/h2-11,16H,12-15,17-19H2,1H3. The van der Waals surface area contributed by atoms with Crippen LogP contribution < -0.4 is 9.47 Å². The molecule has 6 heteroatoms.